The van der Waals surface area contributed by atoms with Crippen molar-refractivity contribution >= 4 is 17.7 Å². The van der Waals surface area contributed by atoms with Crippen molar-refractivity contribution in [1.29, 1.82) is 0 Å². The number of rotatable bonds is 1. The normalized spacial score (nSPS) is 28.3. The van der Waals surface area contributed by atoms with Crippen molar-refractivity contribution in [3.8, 4) is 0 Å². The number of hydrogen-bond acceptors (Lipinski definition) is 2. The maximum absolute atomic E-state index is 12.9. The van der Waals surface area contributed by atoms with Crippen LogP contribution in [0.4, 0.5) is 4.39 Å². The molecule has 1 aliphatic heterocycles. The number of aliphatic carboxylic acids is 1. The SMILES string of the molecule is CC1SCCCC1=C(F)C(=O)O. The van der Waals surface area contributed by atoms with E-state index in [1.807, 2.05) is 6.92 Å². The highest BCUT2D eigenvalue weighted by Crippen LogP contribution is 2.32. The van der Waals surface area contributed by atoms with Crippen LogP contribution in [0.2, 0.25) is 0 Å². The average Bonchev–Trinajstić information content (AvgIpc) is 2.04. The molecule has 0 aromatic heterocycles. The zero-order valence-electron chi connectivity index (χ0n) is 6.84. The first-order valence-electron chi connectivity index (χ1n) is 3.86. The van der Waals surface area contributed by atoms with Crippen LogP contribution in [0, 0.1) is 0 Å². The van der Waals surface area contributed by atoms with Crippen LogP contribution in [-0.2, 0) is 4.79 Å². The topological polar surface area (TPSA) is 37.3 Å². The summed E-state index contributed by atoms with van der Waals surface area (Å²) in [6, 6.07) is 0. The number of halogens is 1. The summed E-state index contributed by atoms with van der Waals surface area (Å²) >= 11 is 1.61. The Bertz CT molecular complexity index is 225. The van der Waals surface area contributed by atoms with E-state index in [0.717, 1.165) is 12.2 Å². The Labute approximate surface area is 74.8 Å². The molecule has 0 aliphatic carbocycles. The lowest BCUT2D eigenvalue weighted by Crippen LogP contribution is -2.13. The Kier molecular flexibility index (Phi) is 3.14. The molecular formula is C8H11FO2S. The minimum absolute atomic E-state index is 0.0230. The molecule has 68 valence electrons. The lowest BCUT2D eigenvalue weighted by molar-refractivity contribution is -0.134. The molecule has 1 aliphatic rings. The maximum Gasteiger partial charge on any atom is 0.364 e. The Balaban J connectivity index is 2.82. The molecule has 1 heterocycles. The van der Waals surface area contributed by atoms with E-state index in [9.17, 15) is 9.18 Å². The Hall–Kier alpha value is -0.510. The zero-order chi connectivity index (χ0) is 9.14. The summed E-state index contributed by atoms with van der Waals surface area (Å²) in [5.74, 6) is -1.38. The molecule has 4 heteroatoms. The van der Waals surface area contributed by atoms with Gasteiger partial charge in [-0.25, -0.2) is 4.79 Å². The smallest absolute Gasteiger partial charge is 0.364 e. The predicted molar refractivity (Wildman–Crippen MR) is 46.9 cm³/mol. The van der Waals surface area contributed by atoms with Gasteiger partial charge in [0.2, 0.25) is 5.83 Å². The van der Waals surface area contributed by atoms with Gasteiger partial charge in [-0.2, -0.15) is 16.2 Å². The summed E-state index contributed by atoms with van der Waals surface area (Å²) in [5.41, 5.74) is 0.457. The molecule has 0 saturated carbocycles. The second-order valence-corrected chi connectivity index (χ2v) is 4.21. The van der Waals surface area contributed by atoms with Gasteiger partial charge in [0.1, 0.15) is 0 Å². The standard InChI is InChI=1S/C8H11FO2S/c1-5-6(3-2-4-12-5)7(9)8(10)11/h5H,2-4H2,1H3,(H,10,11). The summed E-state index contributed by atoms with van der Waals surface area (Å²) in [4.78, 5) is 10.3. The molecule has 0 aromatic rings. The summed E-state index contributed by atoms with van der Waals surface area (Å²) in [6.07, 6.45) is 1.47. The van der Waals surface area contributed by atoms with Gasteiger partial charge in [0, 0.05) is 5.25 Å². The van der Waals surface area contributed by atoms with Crippen LogP contribution in [0.5, 0.6) is 0 Å². The molecule has 1 atom stereocenters. The van der Waals surface area contributed by atoms with Crippen LogP contribution in [0.1, 0.15) is 19.8 Å². The van der Waals surface area contributed by atoms with Crippen molar-refractivity contribution in [3.05, 3.63) is 11.4 Å². The Morgan fingerprint density at radius 1 is 1.75 bits per heavy atom. The molecule has 2 nitrogen and oxygen atoms in total. The minimum Gasteiger partial charge on any atom is -0.476 e. The highest BCUT2D eigenvalue weighted by Gasteiger charge is 2.22. The molecule has 0 aromatic carbocycles. The fourth-order valence-corrected chi connectivity index (χ4v) is 2.34. The van der Waals surface area contributed by atoms with E-state index in [1.54, 1.807) is 11.8 Å². The third-order valence-electron chi connectivity index (χ3n) is 1.92. The third-order valence-corrected chi connectivity index (χ3v) is 3.23. The van der Waals surface area contributed by atoms with Crippen LogP contribution in [0.3, 0.4) is 0 Å². The summed E-state index contributed by atoms with van der Waals surface area (Å²) in [7, 11) is 0. The van der Waals surface area contributed by atoms with Crippen molar-refractivity contribution in [2.45, 2.75) is 25.0 Å². The van der Waals surface area contributed by atoms with Gasteiger partial charge in [-0.05, 0) is 31.1 Å². The molecule has 1 fully saturated rings. The largest absolute Gasteiger partial charge is 0.476 e. The maximum atomic E-state index is 12.9. The first kappa shape index (κ1) is 9.58. The number of hydrogen-bond donors (Lipinski definition) is 1. The predicted octanol–water partition coefficient (Wildman–Crippen LogP) is 2.21. The third kappa shape index (κ3) is 2.00. The highest BCUT2D eigenvalue weighted by molar-refractivity contribution is 8.00. The van der Waals surface area contributed by atoms with Crippen LogP contribution in [0.15, 0.2) is 11.4 Å². The number of thioether (sulfide) groups is 1. The van der Waals surface area contributed by atoms with E-state index < -0.39 is 11.8 Å². The second-order valence-electron chi connectivity index (χ2n) is 2.76. The monoisotopic (exact) mass is 190 g/mol. The second kappa shape index (κ2) is 3.94. The molecule has 0 bridgehead atoms. The first-order chi connectivity index (χ1) is 5.63. The van der Waals surface area contributed by atoms with Crippen LogP contribution >= 0.6 is 11.8 Å². The van der Waals surface area contributed by atoms with Crippen LogP contribution in [-0.4, -0.2) is 22.1 Å². The summed E-state index contributed by atoms with van der Waals surface area (Å²) < 4.78 is 12.9. The lowest BCUT2D eigenvalue weighted by Gasteiger charge is -2.20. The van der Waals surface area contributed by atoms with Crippen molar-refractivity contribution in [1.82, 2.24) is 0 Å². The van der Waals surface area contributed by atoms with Gasteiger partial charge in [0.25, 0.3) is 0 Å². The van der Waals surface area contributed by atoms with Crippen molar-refractivity contribution < 1.29 is 14.3 Å². The van der Waals surface area contributed by atoms with Gasteiger partial charge in [-0.15, -0.1) is 0 Å². The van der Waals surface area contributed by atoms with Gasteiger partial charge in [-0.1, -0.05) is 0 Å². The molecule has 1 rings (SSSR count). The van der Waals surface area contributed by atoms with E-state index >= 15 is 0 Å². The number of carboxylic acids is 1. The van der Waals surface area contributed by atoms with Gasteiger partial charge in [-0.3, -0.25) is 0 Å². The minimum atomic E-state index is -1.43. The van der Waals surface area contributed by atoms with E-state index in [2.05, 4.69) is 0 Å². The molecule has 1 unspecified atom stereocenters. The molecule has 0 radical (unpaired) electrons. The molecule has 1 saturated heterocycles. The quantitative estimate of drug-likeness (QED) is 0.644. The Morgan fingerprint density at radius 3 is 2.92 bits per heavy atom. The summed E-state index contributed by atoms with van der Waals surface area (Å²) in [6.45, 7) is 1.85. The van der Waals surface area contributed by atoms with Crippen molar-refractivity contribution in [3.63, 3.8) is 0 Å². The highest BCUT2D eigenvalue weighted by atomic mass is 32.2. The fourth-order valence-electron chi connectivity index (χ4n) is 1.25. The van der Waals surface area contributed by atoms with E-state index in [1.165, 1.54) is 0 Å². The zero-order valence-corrected chi connectivity index (χ0v) is 7.66. The van der Waals surface area contributed by atoms with E-state index in [0.29, 0.717) is 12.0 Å². The van der Waals surface area contributed by atoms with E-state index in [4.69, 9.17) is 5.11 Å². The van der Waals surface area contributed by atoms with Crippen LogP contribution in [0.25, 0.3) is 0 Å². The number of carbonyl (C=O) groups is 1. The summed E-state index contributed by atoms with van der Waals surface area (Å²) in [5, 5.41) is 8.43. The van der Waals surface area contributed by atoms with E-state index in [-0.39, 0.29) is 5.25 Å². The average molecular weight is 190 g/mol. The van der Waals surface area contributed by atoms with Crippen LogP contribution < -0.4 is 0 Å². The molecule has 12 heavy (non-hydrogen) atoms. The molecular weight excluding hydrogens is 179 g/mol. The Morgan fingerprint density at radius 2 is 2.42 bits per heavy atom. The van der Waals surface area contributed by atoms with Gasteiger partial charge in [0.15, 0.2) is 0 Å². The van der Waals surface area contributed by atoms with Gasteiger partial charge < -0.3 is 5.11 Å². The van der Waals surface area contributed by atoms with Gasteiger partial charge >= 0.3 is 5.97 Å². The molecule has 0 spiro atoms. The van der Waals surface area contributed by atoms with Crippen molar-refractivity contribution in [2.24, 2.45) is 0 Å². The van der Waals surface area contributed by atoms with Crippen molar-refractivity contribution in [2.75, 3.05) is 5.75 Å². The molecule has 1 N–H and O–H groups in total. The number of carboxylic acid groups (broad SMARTS) is 1. The lowest BCUT2D eigenvalue weighted by atomic mass is 10.1. The fraction of sp³-hybridized carbons (Fsp3) is 0.625. The molecule has 0 amide bonds. The first-order valence-corrected chi connectivity index (χ1v) is 4.91. The van der Waals surface area contributed by atoms with Gasteiger partial charge in [0.05, 0.1) is 0 Å².